The molecule has 2 aromatic rings. The molecule has 0 aliphatic rings. The quantitative estimate of drug-likeness (QED) is 0.826. The first-order valence-corrected chi connectivity index (χ1v) is 5.30. The summed E-state index contributed by atoms with van der Waals surface area (Å²) >= 11 is 0. The number of rotatable bonds is 3. The lowest BCUT2D eigenvalue weighted by atomic mass is 10.2. The Morgan fingerprint density at radius 2 is 2.17 bits per heavy atom. The Balaban J connectivity index is 2.62. The van der Waals surface area contributed by atoms with Gasteiger partial charge < -0.3 is 14.4 Å². The third-order valence-electron chi connectivity index (χ3n) is 2.72. The number of ether oxygens (including phenoxy) is 1. The van der Waals surface area contributed by atoms with Crippen molar-refractivity contribution in [2.45, 2.75) is 13.5 Å². The molecule has 0 spiro atoms. The summed E-state index contributed by atoms with van der Waals surface area (Å²) in [5, 5.41) is 9.07. The van der Waals surface area contributed by atoms with Crippen molar-refractivity contribution in [2.24, 2.45) is 0 Å². The van der Waals surface area contributed by atoms with E-state index in [1.165, 1.54) is 13.2 Å². The Labute approximate surface area is 103 Å². The van der Waals surface area contributed by atoms with Crippen molar-refractivity contribution in [3.8, 4) is 0 Å². The van der Waals surface area contributed by atoms with E-state index >= 15 is 0 Å². The van der Waals surface area contributed by atoms with E-state index in [0.717, 1.165) is 0 Å². The second kappa shape index (κ2) is 4.48. The van der Waals surface area contributed by atoms with Crippen molar-refractivity contribution in [1.29, 1.82) is 0 Å². The molecule has 1 aromatic heterocycles. The minimum Gasteiger partial charge on any atom is -0.478 e. The average Bonchev–Trinajstić information content (AvgIpc) is 2.65. The van der Waals surface area contributed by atoms with Gasteiger partial charge in [0.2, 0.25) is 0 Å². The van der Waals surface area contributed by atoms with Crippen LogP contribution in [0.25, 0.3) is 11.0 Å². The van der Waals surface area contributed by atoms with Crippen LogP contribution >= 0.6 is 0 Å². The van der Waals surface area contributed by atoms with Gasteiger partial charge >= 0.3 is 11.9 Å². The van der Waals surface area contributed by atoms with Crippen LogP contribution in [0, 0.1) is 6.92 Å². The smallest absolute Gasteiger partial charge is 0.337 e. The number of aromatic nitrogens is 2. The second-order valence-electron chi connectivity index (χ2n) is 3.80. The summed E-state index contributed by atoms with van der Waals surface area (Å²) in [4.78, 5) is 26.6. The molecule has 0 amide bonds. The van der Waals surface area contributed by atoms with E-state index in [2.05, 4.69) is 9.72 Å². The molecule has 0 bridgehead atoms. The first kappa shape index (κ1) is 12.1. The SMILES string of the molecule is COC(=O)Cn1c(C)nc2c(C(=O)O)cccc21. The maximum atomic E-state index is 11.3. The lowest BCUT2D eigenvalue weighted by Gasteiger charge is -2.04. The van der Waals surface area contributed by atoms with Crippen LogP contribution in [0.3, 0.4) is 0 Å². The molecule has 1 N–H and O–H groups in total. The highest BCUT2D eigenvalue weighted by atomic mass is 16.5. The van der Waals surface area contributed by atoms with Crippen LogP contribution in [0.4, 0.5) is 0 Å². The number of aromatic carboxylic acids is 1. The molecule has 0 atom stereocenters. The number of fused-ring (bicyclic) bond motifs is 1. The number of hydrogen-bond donors (Lipinski definition) is 1. The van der Waals surface area contributed by atoms with E-state index in [-0.39, 0.29) is 12.1 Å². The predicted molar refractivity (Wildman–Crippen MR) is 63.4 cm³/mol. The van der Waals surface area contributed by atoms with Crippen molar-refractivity contribution >= 4 is 23.0 Å². The lowest BCUT2D eigenvalue weighted by Crippen LogP contribution is -2.12. The number of carboxylic acid groups (broad SMARTS) is 1. The number of carbonyl (C=O) groups excluding carboxylic acids is 1. The number of methoxy groups -OCH3 is 1. The van der Waals surface area contributed by atoms with Crippen LogP contribution in [-0.4, -0.2) is 33.7 Å². The van der Waals surface area contributed by atoms with Gasteiger partial charge in [-0.05, 0) is 19.1 Å². The third-order valence-corrected chi connectivity index (χ3v) is 2.72. The molecule has 6 nitrogen and oxygen atoms in total. The number of imidazole rings is 1. The number of carboxylic acids is 1. The summed E-state index contributed by atoms with van der Waals surface area (Å²) in [6.45, 7) is 1.73. The number of carbonyl (C=O) groups is 2. The van der Waals surface area contributed by atoms with Gasteiger partial charge in [-0.1, -0.05) is 6.07 Å². The molecule has 6 heteroatoms. The summed E-state index contributed by atoms with van der Waals surface area (Å²) in [6, 6.07) is 4.84. The molecule has 0 saturated heterocycles. The Kier molecular flexibility index (Phi) is 3.01. The fourth-order valence-corrected chi connectivity index (χ4v) is 1.83. The van der Waals surface area contributed by atoms with Crippen LogP contribution in [-0.2, 0) is 16.1 Å². The normalized spacial score (nSPS) is 10.6. The van der Waals surface area contributed by atoms with E-state index in [4.69, 9.17) is 5.11 Å². The summed E-state index contributed by atoms with van der Waals surface area (Å²) in [7, 11) is 1.31. The summed E-state index contributed by atoms with van der Waals surface area (Å²) in [6.07, 6.45) is 0. The summed E-state index contributed by atoms with van der Waals surface area (Å²) < 4.78 is 6.23. The van der Waals surface area contributed by atoms with Gasteiger partial charge in [-0.25, -0.2) is 9.78 Å². The van der Waals surface area contributed by atoms with E-state index in [0.29, 0.717) is 16.9 Å². The van der Waals surface area contributed by atoms with Gasteiger partial charge in [-0.3, -0.25) is 4.79 Å². The van der Waals surface area contributed by atoms with Gasteiger partial charge in [-0.15, -0.1) is 0 Å². The zero-order valence-corrected chi connectivity index (χ0v) is 10.0. The van der Waals surface area contributed by atoms with Gasteiger partial charge in [0.15, 0.2) is 0 Å². The molecule has 94 valence electrons. The van der Waals surface area contributed by atoms with Gasteiger partial charge in [-0.2, -0.15) is 0 Å². The highest BCUT2D eigenvalue weighted by molar-refractivity contribution is 6.01. The average molecular weight is 248 g/mol. The number of aryl methyl sites for hydroxylation is 1. The Morgan fingerprint density at radius 1 is 1.44 bits per heavy atom. The Bertz CT molecular complexity index is 630. The lowest BCUT2D eigenvalue weighted by molar-refractivity contribution is -0.141. The maximum absolute atomic E-state index is 11.3. The van der Waals surface area contributed by atoms with Gasteiger partial charge in [0, 0.05) is 0 Å². The van der Waals surface area contributed by atoms with Crippen LogP contribution in [0.1, 0.15) is 16.2 Å². The van der Waals surface area contributed by atoms with E-state index in [1.807, 2.05) is 0 Å². The maximum Gasteiger partial charge on any atom is 0.337 e. The summed E-state index contributed by atoms with van der Waals surface area (Å²) in [5.74, 6) is -0.870. The molecule has 0 aliphatic heterocycles. The number of benzene rings is 1. The van der Waals surface area contributed by atoms with Crippen molar-refractivity contribution in [3.63, 3.8) is 0 Å². The van der Waals surface area contributed by atoms with Crippen molar-refractivity contribution in [3.05, 3.63) is 29.6 Å². The van der Waals surface area contributed by atoms with Gasteiger partial charge in [0.05, 0.1) is 18.2 Å². The number of para-hydroxylation sites is 1. The zero-order chi connectivity index (χ0) is 13.3. The van der Waals surface area contributed by atoms with E-state index in [9.17, 15) is 9.59 Å². The number of nitrogens with zero attached hydrogens (tertiary/aromatic N) is 2. The number of hydrogen-bond acceptors (Lipinski definition) is 4. The molecule has 18 heavy (non-hydrogen) atoms. The zero-order valence-electron chi connectivity index (χ0n) is 10.0. The Morgan fingerprint density at radius 3 is 2.78 bits per heavy atom. The first-order chi connectivity index (χ1) is 8.54. The van der Waals surface area contributed by atoms with Crippen molar-refractivity contribution in [1.82, 2.24) is 9.55 Å². The van der Waals surface area contributed by atoms with E-state index in [1.54, 1.807) is 23.6 Å². The van der Waals surface area contributed by atoms with Crippen LogP contribution in [0.2, 0.25) is 0 Å². The van der Waals surface area contributed by atoms with Crippen LogP contribution in [0.5, 0.6) is 0 Å². The largest absolute Gasteiger partial charge is 0.478 e. The molecule has 2 rings (SSSR count). The molecule has 0 saturated carbocycles. The third kappa shape index (κ3) is 1.92. The first-order valence-electron chi connectivity index (χ1n) is 5.30. The number of esters is 1. The van der Waals surface area contributed by atoms with Crippen LogP contribution < -0.4 is 0 Å². The molecule has 0 unspecified atom stereocenters. The minimum absolute atomic E-state index is 0.0158. The molecular formula is C12H12N2O4. The molecule has 0 fully saturated rings. The second-order valence-corrected chi connectivity index (χ2v) is 3.80. The Hall–Kier alpha value is -2.37. The fourth-order valence-electron chi connectivity index (χ4n) is 1.83. The topological polar surface area (TPSA) is 81.4 Å². The molecule has 0 radical (unpaired) electrons. The standard InChI is InChI=1S/C12H12N2O4/c1-7-13-11-8(12(16)17)4-3-5-9(11)14(7)6-10(15)18-2/h3-5H,6H2,1-2H3,(H,16,17). The molecular weight excluding hydrogens is 236 g/mol. The van der Waals surface area contributed by atoms with Gasteiger partial charge in [0.1, 0.15) is 17.9 Å². The highest BCUT2D eigenvalue weighted by Gasteiger charge is 2.16. The fraction of sp³-hybridized carbons (Fsp3) is 0.250. The highest BCUT2D eigenvalue weighted by Crippen LogP contribution is 2.20. The van der Waals surface area contributed by atoms with E-state index < -0.39 is 11.9 Å². The minimum atomic E-state index is -1.04. The molecule has 1 heterocycles. The molecule has 1 aromatic carbocycles. The van der Waals surface area contributed by atoms with Crippen molar-refractivity contribution < 1.29 is 19.4 Å². The monoisotopic (exact) mass is 248 g/mol. The predicted octanol–water partition coefficient (Wildman–Crippen LogP) is 1.22. The van der Waals surface area contributed by atoms with Crippen molar-refractivity contribution in [2.75, 3.05) is 7.11 Å². The molecule has 0 aliphatic carbocycles. The summed E-state index contributed by atoms with van der Waals surface area (Å²) in [5.41, 5.74) is 1.11. The van der Waals surface area contributed by atoms with Crippen LogP contribution in [0.15, 0.2) is 18.2 Å². The van der Waals surface area contributed by atoms with Gasteiger partial charge in [0.25, 0.3) is 0 Å².